The van der Waals surface area contributed by atoms with Gasteiger partial charge in [-0.2, -0.15) is 0 Å². The molecule has 0 atom stereocenters. The van der Waals surface area contributed by atoms with Gasteiger partial charge in [-0.05, 0) is 5.92 Å². The predicted octanol–water partition coefficient (Wildman–Crippen LogP) is 8.79. The molecule has 0 spiro atoms. The molecule has 0 radical (unpaired) electrons. The Balaban J connectivity index is 0.000000907. The first-order chi connectivity index (χ1) is 13.8. The van der Waals surface area contributed by atoms with Gasteiger partial charge in [0.05, 0.1) is 0 Å². The molecule has 0 heterocycles. The van der Waals surface area contributed by atoms with Crippen LogP contribution in [0.5, 0.6) is 0 Å². The van der Waals surface area contributed by atoms with Crippen LogP contribution in [0.1, 0.15) is 24.0 Å². The fraction of sp³-hybridized carbons (Fsp3) is 0.0667. The van der Waals surface area contributed by atoms with E-state index in [1.165, 1.54) is 54.2 Å². The van der Waals surface area contributed by atoms with Crippen molar-refractivity contribution < 1.29 is 21.7 Å². The number of hydrogen-bond donors (Lipinski definition) is 0. The minimum absolute atomic E-state index is 0. The first-order valence-corrected chi connectivity index (χ1v) is 9.95. The van der Waals surface area contributed by atoms with E-state index in [4.69, 9.17) is 0 Å². The quantitative estimate of drug-likeness (QED) is 0.189. The van der Waals surface area contributed by atoms with Crippen molar-refractivity contribution >= 4 is 43.1 Å². The summed E-state index contributed by atoms with van der Waals surface area (Å²) in [6, 6.07) is 35.7. The Morgan fingerprint density at radius 3 is 1.35 bits per heavy atom. The van der Waals surface area contributed by atoms with Gasteiger partial charge < -0.3 is 14.9 Å². The Morgan fingerprint density at radius 2 is 0.903 bits per heavy atom. The van der Waals surface area contributed by atoms with E-state index in [1.54, 1.807) is 0 Å². The molecular formula is C30H26Ti. The third-order valence-electron chi connectivity index (χ3n) is 6.31. The summed E-state index contributed by atoms with van der Waals surface area (Å²) in [6.07, 6.45) is 0. The average molecular weight is 434 g/mol. The Kier molecular flexibility index (Phi) is 6.55. The predicted molar refractivity (Wildman–Crippen MR) is 134 cm³/mol. The van der Waals surface area contributed by atoms with E-state index in [1.807, 2.05) is 0 Å². The standard InChI is InChI=1S/C28H20.2CH3.Ti/c1-18(21-12-6-14-25-23-10-4-2-8-19(23)16-27(21)25)22-13-7-15-26-24-11-5-3-9-20(24)17-28(22)26;;;/h2-18H,1H3;2*1H3;/q-2;2*-1;+4. The number of benzene rings is 4. The van der Waals surface area contributed by atoms with Crippen LogP contribution in [0, 0.1) is 14.9 Å². The summed E-state index contributed by atoms with van der Waals surface area (Å²) in [5, 5.41) is 10.8. The molecule has 0 aromatic heterocycles. The molecule has 1 heteroatoms. The fourth-order valence-electron chi connectivity index (χ4n) is 4.93. The van der Waals surface area contributed by atoms with Crippen LogP contribution in [0.2, 0.25) is 0 Å². The summed E-state index contributed by atoms with van der Waals surface area (Å²) < 4.78 is 0. The van der Waals surface area contributed by atoms with Crippen LogP contribution >= 0.6 is 0 Å². The van der Waals surface area contributed by atoms with E-state index in [2.05, 4.69) is 104 Å². The number of rotatable bonds is 2. The Morgan fingerprint density at radius 1 is 0.516 bits per heavy atom. The molecule has 0 bridgehead atoms. The van der Waals surface area contributed by atoms with Gasteiger partial charge in [0.2, 0.25) is 0 Å². The second-order valence-electron chi connectivity index (χ2n) is 7.80. The van der Waals surface area contributed by atoms with E-state index in [-0.39, 0.29) is 36.6 Å². The van der Waals surface area contributed by atoms with E-state index < -0.39 is 0 Å². The zero-order chi connectivity index (χ0) is 18.7. The smallest absolute Gasteiger partial charge is 0.358 e. The van der Waals surface area contributed by atoms with Gasteiger partial charge >= 0.3 is 21.7 Å². The SMILES string of the molecule is CC(c1cccc2c1[cH-]c1ccccc12)c1cccc2c1[cH-]c1ccccc12.[CH3-].[CH3-].[Ti+4]. The van der Waals surface area contributed by atoms with Crippen molar-refractivity contribution in [3.05, 3.63) is 123 Å². The van der Waals surface area contributed by atoms with Crippen LogP contribution < -0.4 is 0 Å². The van der Waals surface area contributed by atoms with Gasteiger partial charge in [-0.3, -0.25) is 0 Å². The van der Waals surface area contributed by atoms with E-state index in [0.29, 0.717) is 5.92 Å². The van der Waals surface area contributed by atoms with E-state index in [9.17, 15) is 0 Å². The molecule has 0 saturated carbocycles. The van der Waals surface area contributed by atoms with Crippen molar-refractivity contribution in [2.75, 3.05) is 0 Å². The van der Waals surface area contributed by atoms with Crippen molar-refractivity contribution in [2.24, 2.45) is 0 Å². The Bertz CT molecular complexity index is 1360. The van der Waals surface area contributed by atoms with Gasteiger partial charge in [0.1, 0.15) is 0 Å². The molecule has 0 aliphatic rings. The normalized spacial score (nSPS) is 10.9. The molecule has 0 amide bonds. The molecule has 150 valence electrons. The molecule has 0 saturated heterocycles. The van der Waals surface area contributed by atoms with Crippen LogP contribution in [0.3, 0.4) is 0 Å². The van der Waals surface area contributed by atoms with Crippen molar-refractivity contribution in [1.29, 1.82) is 0 Å². The van der Waals surface area contributed by atoms with E-state index >= 15 is 0 Å². The van der Waals surface area contributed by atoms with Crippen LogP contribution in [-0.2, 0) is 21.7 Å². The second-order valence-corrected chi connectivity index (χ2v) is 7.80. The zero-order valence-electron chi connectivity index (χ0n) is 18.3. The summed E-state index contributed by atoms with van der Waals surface area (Å²) in [7, 11) is 0. The van der Waals surface area contributed by atoms with Crippen molar-refractivity contribution in [3.63, 3.8) is 0 Å². The average Bonchev–Trinajstić information content (AvgIpc) is 3.31. The summed E-state index contributed by atoms with van der Waals surface area (Å²) >= 11 is 0. The maximum Gasteiger partial charge on any atom is 4.00 e. The Hall–Kier alpha value is -2.67. The molecule has 6 rings (SSSR count). The molecule has 6 aromatic rings. The van der Waals surface area contributed by atoms with Gasteiger partial charge in [-0.15, -0.1) is 78.5 Å². The van der Waals surface area contributed by atoms with Crippen LogP contribution in [0.25, 0.3) is 43.1 Å². The molecule has 31 heavy (non-hydrogen) atoms. The monoisotopic (exact) mass is 434 g/mol. The first kappa shape index (κ1) is 23.0. The first-order valence-electron chi connectivity index (χ1n) is 9.95. The number of fused-ring (bicyclic) bond motifs is 6. The minimum atomic E-state index is 0. The third-order valence-corrected chi connectivity index (χ3v) is 6.31. The van der Waals surface area contributed by atoms with Gasteiger partial charge in [0, 0.05) is 0 Å². The van der Waals surface area contributed by atoms with Crippen LogP contribution in [0.15, 0.2) is 97.1 Å². The largest absolute Gasteiger partial charge is 4.00 e. The fourth-order valence-corrected chi connectivity index (χ4v) is 4.93. The van der Waals surface area contributed by atoms with Crippen molar-refractivity contribution in [3.8, 4) is 0 Å². The summed E-state index contributed by atoms with van der Waals surface area (Å²) in [4.78, 5) is 0. The van der Waals surface area contributed by atoms with Gasteiger partial charge in [0.25, 0.3) is 0 Å². The van der Waals surface area contributed by atoms with Crippen molar-refractivity contribution in [2.45, 2.75) is 12.8 Å². The maximum absolute atomic E-state index is 2.36. The summed E-state index contributed by atoms with van der Waals surface area (Å²) in [5.74, 6) is 0.334. The molecule has 6 aromatic carbocycles. The molecule has 0 aliphatic heterocycles. The molecule has 0 aliphatic carbocycles. The van der Waals surface area contributed by atoms with Gasteiger partial charge in [-0.1, -0.05) is 79.7 Å². The Labute approximate surface area is 200 Å². The molecular weight excluding hydrogens is 408 g/mol. The van der Waals surface area contributed by atoms with Gasteiger partial charge in [-0.25, -0.2) is 0 Å². The molecule has 0 nitrogen and oxygen atoms in total. The number of hydrogen-bond acceptors (Lipinski definition) is 0. The summed E-state index contributed by atoms with van der Waals surface area (Å²) in [5.41, 5.74) is 2.82. The van der Waals surface area contributed by atoms with Crippen LogP contribution in [-0.4, -0.2) is 0 Å². The second kappa shape index (κ2) is 8.83. The third kappa shape index (κ3) is 3.45. The van der Waals surface area contributed by atoms with Crippen LogP contribution in [0.4, 0.5) is 0 Å². The van der Waals surface area contributed by atoms with Gasteiger partial charge in [0.15, 0.2) is 0 Å². The minimum Gasteiger partial charge on any atom is -0.358 e. The molecule has 0 N–H and O–H groups in total. The topological polar surface area (TPSA) is 0 Å². The molecule has 0 fully saturated rings. The maximum atomic E-state index is 2.36. The van der Waals surface area contributed by atoms with Crippen molar-refractivity contribution in [1.82, 2.24) is 0 Å². The zero-order valence-corrected chi connectivity index (χ0v) is 19.9. The summed E-state index contributed by atoms with van der Waals surface area (Å²) in [6.45, 7) is 2.35. The van der Waals surface area contributed by atoms with E-state index in [0.717, 1.165) is 0 Å². The molecule has 0 unspecified atom stereocenters.